The molecule has 0 amide bonds. The van der Waals surface area contributed by atoms with Gasteiger partial charge in [0.25, 0.3) is 0 Å². The summed E-state index contributed by atoms with van der Waals surface area (Å²) in [6.45, 7) is 0. The van der Waals surface area contributed by atoms with Crippen molar-refractivity contribution in [3.8, 4) is 27.9 Å². The summed E-state index contributed by atoms with van der Waals surface area (Å²) in [4.78, 5) is 2.32. The summed E-state index contributed by atoms with van der Waals surface area (Å²) in [6, 6.07) is 69.7. The molecule has 0 saturated heterocycles. The van der Waals surface area contributed by atoms with Crippen molar-refractivity contribution in [3.05, 3.63) is 194 Å². The predicted octanol–water partition coefficient (Wildman–Crippen LogP) is 12.7. The van der Waals surface area contributed by atoms with Crippen LogP contribution >= 0.6 is 0 Å². The Hall–Kier alpha value is -6.38. The molecule has 9 rings (SSSR count). The molecular formula is C46H32N2. The van der Waals surface area contributed by atoms with Crippen LogP contribution in [0.2, 0.25) is 0 Å². The summed E-state index contributed by atoms with van der Waals surface area (Å²) >= 11 is 0. The van der Waals surface area contributed by atoms with Crippen LogP contribution in [0, 0.1) is 0 Å². The zero-order chi connectivity index (χ0) is 31.9. The smallest absolute Gasteiger partial charge is 0.0547 e. The monoisotopic (exact) mass is 612 g/mol. The van der Waals surface area contributed by atoms with Gasteiger partial charge in [0.05, 0.1) is 11.0 Å². The first-order valence-corrected chi connectivity index (χ1v) is 16.4. The summed E-state index contributed by atoms with van der Waals surface area (Å²) in [5, 5.41) is 5.12. The van der Waals surface area contributed by atoms with E-state index in [0.29, 0.717) is 0 Å². The van der Waals surface area contributed by atoms with Gasteiger partial charge < -0.3 is 9.47 Å². The van der Waals surface area contributed by atoms with E-state index in [1.54, 1.807) is 0 Å². The lowest BCUT2D eigenvalue weighted by Crippen LogP contribution is -2.10. The van der Waals surface area contributed by atoms with E-state index in [-0.39, 0.29) is 0 Å². The molecule has 0 spiro atoms. The topological polar surface area (TPSA) is 8.17 Å². The van der Waals surface area contributed by atoms with Crippen LogP contribution in [0.15, 0.2) is 194 Å². The molecule has 0 N–H and O–H groups in total. The summed E-state index contributed by atoms with van der Waals surface area (Å²) in [6.07, 6.45) is 0. The molecule has 48 heavy (non-hydrogen) atoms. The lowest BCUT2D eigenvalue weighted by molar-refractivity contribution is 1.17. The molecule has 1 aromatic heterocycles. The first kappa shape index (κ1) is 27.9. The van der Waals surface area contributed by atoms with Crippen LogP contribution in [0.5, 0.6) is 0 Å². The third-order valence-electron chi connectivity index (χ3n) is 9.39. The Morgan fingerprint density at radius 2 is 0.792 bits per heavy atom. The fourth-order valence-electron chi connectivity index (χ4n) is 7.08. The highest BCUT2D eigenvalue weighted by atomic mass is 15.1. The lowest BCUT2D eigenvalue weighted by atomic mass is 10.00. The van der Waals surface area contributed by atoms with Gasteiger partial charge in [-0.3, -0.25) is 0 Å². The van der Waals surface area contributed by atoms with E-state index < -0.39 is 0 Å². The Morgan fingerprint density at radius 1 is 0.312 bits per heavy atom. The molecule has 0 fully saturated rings. The summed E-state index contributed by atoms with van der Waals surface area (Å²) < 4.78 is 2.39. The Labute approximate surface area is 280 Å². The average Bonchev–Trinajstić information content (AvgIpc) is 3.51. The van der Waals surface area contributed by atoms with E-state index in [1.165, 1.54) is 54.8 Å². The molecule has 2 heteroatoms. The number of benzene rings is 8. The molecule has 0 radical (unpaired) electrons. The van der Waals surface area contributed by atoms with Crippen molar-refractivity contribution in [3.63, 3.8) is 0 Å². The van der Waals surface area contributed by atoms with Gasteiger partial charge in [0.2, 0.25) is 0 Å². The molecular weight excluding hydrogens is 581 g/mol. The number of rotatable bonds is 6. The zero-order valence-corrected chi connectivity index (χ0v) is 26.4. The van der Waals surface area contributed by atoms with Crippen LogP contribution in [0.25, 0.3) is 60.5 Å². The average molecular weight is 613 g/mol. The van der Waals surface area contributed by atoms with Crippen molar-refractivity contribution in [2.24, 2.45) is 0 Å². The summed E-state index contributed by atoms with van der Waals surface area (Å²) in [5.74, 6) is 0. The van der Waals surface area contributed by atoms with Gasteiger partial charge in [0.1, 0.15) is 0 Å². The highest BCUT2D eigenvalue weighted by Gasteiger charge is 2.16. The van der Waals surface area contributed by atoms with Gasteiger partial charge in [-0.1, -0.05) is 133 Å². The Bertz CT molecular complexity index is 2510. The maximum absolute atomic E-state index is 2.39. The number of anilines is 3. The van der Waals surface area contributed by atoms with E-state index >= 15 is 0 Å². The van der Waals surface area contributed by atoms with Crippen molar-refractivity contribution in [1.29, 1.82) is 0 Å². The fraction of sp³-hybridized carbons (Fsp3) is 0. The van der Waals surface area contributed by atoms with Crippen molar-refractivity contribution in [2.75, 3.05) is 4.90 Å². The van der Waals surface area contributed by atoms with Crippen LogP contribution < -0.4 is 4.90 Å². The molecule has 0 aliphatic heterocycles. The van der Waals surface area contributed by atoms with Gasteiger partial charge in [0, 0.05) is 33.5 Å². The van der Waals surface area contributed by atoms with Gasteiger partial charge in [0.15, 0.2) is 0 Å². The number of para-hydroxylation sites is 2. The SMILES string of the molecule is c1ccc(-c2ccc(-c3ccc(N(c4ccccc4)c4ccc(-n5c6ccccc6c6c7ccccc7ccc65)cc4)cc3)cc2)cc1. The standard InChI is InChI=1S/C46H32N2/c1-3-11-33(12-4-1)34-19-21-35(22-20-34)36-23-26-39(27-24-36)47(38-14-5-2-6-15-38)40-28-30-41(31-29-40)48-44-18-10-9-17-43(44)46-42-16-8-7-13-37(42)25-32-45(46)48/h1-32H. The van der Waals surface area contributed by atoms with Crippen molar-refractivity contribution in [1.82, 2.24) is 4.57 Å². The molecule has 9 aromatic rings. The largest absolute Gasteiger partial charge is 0.311 e. The highest BCUT2D eigenvalue weighted by Crippen LogP contribution is 2.39. The summed E-state index contributed by atoms with van der Waals surface area (Å²) in [5.41, 5.74) is 11.8. The number of nitrogens with zero attached hydrogens (tertiary/aromatic N) is 2. The van der Waals surface area contributed by atoms with Crippen LogP contribution in [0.4, 0.5) is 17.1 Å². The maximum Gasteiger partial charge on any atom is 0.0547 e. The normalized spacial score (nSPS) is 11.3. The minimum Gasteiger partial charge on any atom is -0.311 e. The van der Waals surface area contributed by atoms with Crippen LogP contribution in [-0.4, -0.2) is 4.57 Å². The Morgan fingerprint density at radius 3 is 1.46 bits per heavy atom. The molecule has 2 nitrogen and oxygen atoms in total. The molecule has 226 valence electrons. The first-order valence-electron chi connectivity index (χ1n) is 16.4. The quantitative estimate of drug-likeness (QED) is 0.181. The Kier molecular flexibility index (Phi) is 6.84. The number of hydrogen-bond acceptors (Lipinski definition) is 1. The van der Waals surface area contributed by atoms with Crippen LogP contribution in [-0.2, 0) is 0 Å². The molecule has 0 aliphatic carbocycles. The Balaban J connectivity index is 1.09. The molecule has 0 bridgehead atoms. The molecule has 1 heterocycles. The zero-order valence-electron chi connectivity index (χ0n) is 26.4. The van der Waals surface area contributed by atoms with E-state index in [1.807, 2.05) is 0 Å². The van der Waals surface area contributed by atoms with E-state index in [2.05, 4.69) is 204 Å². The van der Waals surface area contributed by atoms with Crippen molar-refractivity contribution < 1.29 is 0 Å². The first-order chi connectivity index (χ1) is 23.8. The second kappa shape index (κ2) is 11.8. The third kappa shape index (κ3) is 4.83. The molecule has 0 atom stereocenters. The highest BCUT2D eigenvalue weighted by molar-refractivity contribution is 6.21. The second-order valence-corrected chi connectivity index (χ2v) is 12.2. The number of fused-ring (bicyclic) bond motifs is 5. The minimum absolute atomic E-state index is 1.11. The van der Waals surface area contributed by atoms with Crippen molar-refractivity contribution >= 4 is 49.6 Å². The molecule has 0 aliphatic rings. The molecule has 8 aromatic carbocycles. The third-order valence-corrected chi connectivity index (χ3v) is 9.39. The number of hydrogen-bond donors (Lipinski definition) is 0. The number of aromatic nitrogens is 1. The minimum atomic E-state index is 1.11. The maximum atomic E-state index is 2.39. The van der Waals surface area contributed by atoms with Gasteiger partial charge >= 0.3 is 0 Å². The van der Waals surface area contributed by atoms with Gasteiger partial charge in [-0.05, 0) is 93.7 Å². The van der Waals surface area contributed by atoms with Gasteiger partial charge in [-0.15, -0.1) is 0 Å². The van der Waals surface area contributed by atoms with E-state index in [0.717, 1.165) is 22.7 Å². The van der Waals surface area contributed by atoms with Gasteiger partial charge in [-0.2, -0.15) is 0 Å². The summed E-state index contributed by atoms with van der Waals surface area (Å²) in [7, 11) is 0. The molecule has 0 unspecified atom stereocenters. The van der Waals surface area contributed by atoms with E-state index in [4.69, 9.17) is 0 Å². The van der Waals surface area contributed by atoms with Crippen molar-refractivity contribution in [2.45, 2.75) is 0 Å². The fourth-order valence-corrected chi connectivity index (χ4v) is 7.08. The van der Waals surface area contributed by atoms with Crippen LogP contribution in [0.3, 0.4) is 0 Å². The van der Waals surface area contributed by atoms with E-state index in [9.17, 15) is 0 Å². The van der Waals surface area contributed by atoms with Gasteiger partial charge in [-0.25, -0.2) is 0 Å². The predicted molar refractivity (Wildman–Crippen MR) is 204 cm³/mol. The van der Waals surface area contributed by atoms with Crippen LogP contribution in [0.1, 0.15) is 0 Å². The lowest BCUT2D eigenvalue weighted by Gasteiger charge is -2.26. The second-order valence-electron chi connectivity index (χ2n) is 12.2. The molecule has 0 saturated carbocycles.